The van der Waals surface area contributed by atoms with E-state index >= 15 is 0 Å². The number of halogens is 1. The highest BCUT2D eigenvalue weighted by atomic mass is 127. The van der Waals surface area contributed by atoms with Gasteiger partial charge in [-0.2, -0.15) is 0 Å². The summed E-state index contributed by atoms with van der Waals surface area (Å²) in [5.74, 6) is 0. The minimum atomic E-state index is 0.416. The molecule has 2 saturated carbocycles. The molecule has 1 aromatic carbocycles. The Labute approximate surface area is 129 Å². The Morgan fingerprint density at radius 3 is 2.58 bits per heavy atom. The van der Waals surface area contributed by atoms with Gasteiger partial charge >= 0.3 is 0 Å². The van der Waals surface area contributed by atoms with Gasteiger partial charge in [0.1, 0.15) is 0 Å². The van der Waals surface area contributed by atoms with Crippen LogP contribution in [0.25, 0.3) is 0 Å². The van der Waals surface area contributed by atoms with E-state index in [2.05, 4.69) is 59.1 Å². The van der Waals surface area contributed by atoms with Gasteiger partial charge in [0, 0.05) is 27.3 Å². The molecular weight excluding hydrogens is 349 g/mol. The summed E-state index contributed by atoms with van der Waals surface area (Å²) in [4.78, 5) is 0. The summed E-state index contributed by atoms with van der Waals surface area (Å²) in [6.45, 7) is 2.96. The molecule has 1 spiro atoms. The van der Waals surface area contributed by atoms with Crippen molar-refractivity contribution in [2.45, 2.75) is 51.2 Å². The topological polar surface area (TPSA) is 21.3 Å². The summed E-state index contributed by atoms with van der Waals surface area (Å²) in [6.07, 6.45) is 7.06. The van der Waals surface area contributed by atoms with Gasteiger partial charge in [0.15, 0.2) is 0 Å². The van der Waals surface area contributed by atoms with Crippen LogP contribution in [0.15, 0.2) is 24.3 Å². The number of ether oxygens (including phenoxy) is 1. The molecule has 0 aromatic heterocycles. The zero-order valence-corrected chi connectivity index (χ0v) is 13.7. The average molecular weight is 371 g/mol. The van der Waals surface area contributed by atoms with Crippen molar-refractivity contribution in [2.75, 3.05) is 11.9 Å². The molecule has 0 aliphatic heterocycles. The minimum Gasteiger partial charge on any atom is -0.382 e. The number of nitrogens with one attached hydrogen (secondary N) is 1. The summed E-state index contributed by atoms with van der Waals surface area (Å²) >= 11 is 2.35. The minimum absolute atomic E-state index is 0.416. The van der Waals surface area contributed by atoms with E-state index in [1.54, 1.807) is 0 Å². The van der Waals surface area contributed by atoms with Crippen molar-refractivity contribution in [3.05, 3.63) is 27.8 Å². The van der Waals surface area contributed by atoms with Gasteiger partial charge in [0.05, 0.1) is 6.10 Å². The fourth-order valence-corrected chi connectivity index (χ4v) is 4.20. The Kier molecular flexibility index (Phi) is 4.03. The Morgan fingerprint density at radius 1 is 1.26 bits per heavy atom. The standard InChI is InChI=1S/C16H22INO/c1-2-19-15-11-14(16(15)9-3-4-10-16)18-13-7-5-12(17)6-8-13/h5-8,14-15,18H,2-4,9-11H2,1H3. The first-order valence-electron chi connectivity index (χ1n) is 7.38. The lowest BCUT2D eigenvalue weighted by atomic mass is 9.60. The first-order valence-corrected chi connectivity index (χ1v) is 8.46. The molecule has 0 radical (unpaired) electrons. The third kappa shape index (κ3) is 2.51. The van der Waals surface area contributed by atoms with Crippen molar-refractivity contribution >= 4 is 28.3 Å². The third-order valence-corrected chi connectivity index (χ3v) is 5.59. The second-order valence-corrected chi connectivity index (χ2v) is 7.07. The quantitative estimate of drug-likeness (QED) is 0.791. The molecule has 2 aliphatic carbocycles. The van der Waals surface area contributed by atoms with Gasteiger partial charge in [-0.15, -0.1) is 0 Å². The van der Waals surface area contributed by atoms with Crippen molar-refractivity contribution in [2.24, 2.45) is 5.41 Å². The number of hydrogen-bond acceptors (Lipinski definition) is 2. The van der Waals surface area contributed by atoms with Crippen LogP contribution >= 0.6 is 22.6 Å². The molecular formula is C16H22INO. The molecule has 0 heterocycles. The molecule has 0 amide bonds. The fraction of sp³-hybridized carbons (Fsp3) is 0.625. The van der Waals surface area contributed by atoms with Crippen LogP contribution in [0.3, 0.4) is 0 Å². The number of rotatable bonds is 4. The van der Waals surface area contributed by atoms with E-state index in [1.165, 1.54) is 41.4 Å². The molecule has 2 atom stereocenters. The van der Waals surface area contributed by atoms with E-state index in [1.807, 2.05) is 0 Å². The zero-order valence-electron chi connectivity index (χ0n) is 11.5. The smallest absolute Gasteiger partial charge is 0.0670 e. The normalized spacial score (nSPS) is 28.3. The van der Waals surface area contributed by atoms with E-state index in [-0.39, 0.29) is 0 Å². The summed E-state index contributed by atoms with van der Waals surface area (Å²) < 4.78 is 7.25. The third-order valence-electron chi connectivity index (χ3n) is 4.87. The van der Waals surface area contributed by atoms with Crippen molar-refractivity contribution in [1.82, 2.24) is 0 Å². The SMILES string of the molecule is CCOC1CC(Nc2ccc(I)cc2)C12CCCC2. The van der Waals surface area contributed by atoms with E-state index in [0.717, 1.165) is 6.61 Å². The van der Waals surface area contributed by atoms with Crippen LogP contribution in [0.2, 0.25) is 0 Å². The summed E-state index contributed by atoms with van der Waals surface area (Å²) in [7, 11) is 0. The lowest BCUT2D eigenvalue weighted by molar-refractivity contribution is -0.114. The number of anilines is 1. The van der Waals surface area contributed by atoms with Crippen molar-refractivity contribution < 1.29 is 4.74 Å². The Balaban J connectivity index is 1.70. The Bertz CT molecular complexity index is 425. The number of hydrogen-bond donors (Lipinski definition) is 1. The van der Waals surface area contributed by atoms with Gasteiger partial charge in [0.25, 0.3) is 0 Å². The van der Waals surface area contributed by atoms with Crippen LogP contribution in [0.4, 0.5) is 5.69 Å². The van der Waals surface area contributed by atoms with Gasteiger partial charge in [-0.3, -0.25) is 0 Å². The van der Waals surface area contributed by atoms with Gasteiger partial charge < -0.3 is 10.1 Å². The zero-order chi connectivity index (χ0) is 13.3. The summed E-state index contributed by atoms with van der Waals surface area (Å²) in [6, 6.07) is 9.33. The predicted octanol–water partition coefficient (Wildman–Crippen LogP) is 4.44. The van der Waals surface area contributed by atoms with Crippen LogP contribution in [0.1, 0.15) is 39.0 Å². The van der Waals surface area contributed by atoms with Crippen LogP contribution < -0.4 is 5.32 Å². The van der Waals surface area contributed by atoms with Crippen LogP contribution in [-0.4, -0.2) is 18.8 Å². The fourth-order valence-electron chi connectivity index (χ4n) is 3.84. The van der Waals surface area contributed by atoms with Crippen molar-refractivity contribution in [3.8, 4) is 0 Å². The maximum Gasteiger partial charge on any atom is 0.0670 e. The molecule has 0 saturated heterocycles. The molecule has 2 aliphatic rings. The van der Waals surface area contributed by atoms with E-state index in [9.17, 15) is 0 Å². The number of benzene rings is 1. The maximum absolute atomic E-state index is 5.96. The first-order chi connectivity index (χ1) is 9.24. The molecule has 1 N–H and O–H groups in total. The van der Waals surface area contributed by atoms with Gasteiger partial charge in [0.2, 0.25) is 0 Å². The Hall–Kier alpha value is -0.290. The highest BCUT2D eigenvalue weighted by Gasteiger charge is 2.56. The predicted molar refractivity (Wildman–Crippen MR) is 87.5 cm³/mol. The van der Waals surface area contributed by atoms with E-state index < -0.39 is 0 Å². The van der Waals surface area contributed by atoms with Crippen molar-refractivity contribution in [1.29, 1.82) is 0 Å². The lowest BCUT2D eigenvalue weighted by Crippen LogP contribution is -2.60. The second kappa shape index (κ2) is 5.60. The molecule has 2 nitrogen and oxygen atoms in total. The van der Waals surface area contributed by atoms with Crippen LogP contribution in [0, 0.1) is 8.99 Å². The van der Waals surface area contributed by atoms with Gasteiger partial charge in [-0.25, -0.2) is 0 Å². The molecule has 1 aromatic rings. The van der Waals surface area contributed by atoms with Crippen LogP contribution in [0.5, 0.6) is 0 Å². The van der Waals surface area contributed by atoms with Gasteiger partial charge in [-0.05, 0) is 73.0 Å². The molecule has 2 unspecified atom stereocenters. The second-order valence-electron chi connectivity index (χ2n) is 5.82. The van der Waals surface area contributed by atoms with Crippen LogP contribution in [-0.2, 0) is 4.74 Å². The monoisotopic (exact) mass is 371 g/mol. The highest BCUT2D eigenvalue weighted by molar-refractivity contribution is 14.1. The van der Waals surface area contributed by atoms with Gasteiger partial charge in [-0.1, -0.05) is 12.8 Å². The average Bonchev–Trinajstić information content (AvgIpc) is 2.92. The summed E-state index contributed by atoms with van der Waals surface area (Å²) in [5, 5.41) is 3.74. The maximum atomic E-state index is 5.96. The molecule has 3 heteroatoms. The van der Waals surface area contributed by atoms with E-state index in [0.29, 0.717) is 17.6 Å². The molecule has 3 rings (SSSR count). The van der Waals surface area contributed by atoms with Crippen molar-refractivity contribution in [3.63, 3.8) is 0 Å². The largest absolute Gasteiger partial charge is 0.382 e. The first kappa shape index (κ1) is 13.7. The van der Waals surface area contributed by atoms with E-state index in [4.69, 9.17) is 4.74 Å². The molecule has 19 heavy (non-hydrogen) atoms. The molecule has 2 fully saturated rings. The molecule has 0 bridgehead atoms. The highest BCUT2D eigenvalue weighted by Crippen LogP contribution is 2.55. The Morgan fingerprint density at radius 2 is 1.95 bits per heavy atom. The lowest BCUT2D eigenvalue weighted by Gasteiger charge is -2.54. The summed E-state index contributed by atoms with van der Waals surface area (Å²) in [5.41, 5.74) is 1.67. The molecule has 104 valence electrons.